The first kappa shape index (κ1) is 14.5. The van der Waals surface area contributed by atoms with Gasteiger partial charge in [0.2, 0.25) is 0 Å². The van der Waals surface area contributed by atoms with Crippen LogP contribution in [0.2, 0.25) is 0 Å². The number of nitrogens with zero attached hydrogens (tertiary/aromatic N) is 2. The Morgan fingerprint density at radius 3 is 2.79 bits per heavy atom. The molecule has 2 rings (SSSR count). The van der Waals surface area contributed by atoms with Gasteiger partial charge in [-0.05, 0) is 50.6 Å². The van der Waals surface area contributed by atoms with Crippen molar-refractivity contribution in [1.29, 1.82) is 0 Å². The maximum absolute atomic E-state index is 5.99. The number of hydrogen-bond acceptors (Lipinski definition) is 3. The summed E-state index contributed by atoms with van der Waals surface area (Å²) in [7, 11) is 1.97. The molecule has 1 aliphatic rings. The lowest BCUT2D eigenvalue weighted by atomic mass is 9.99. The zero-order chi connectivity index (χ0) is 13.7. The summed E-state index contributed by atoms with van der Waals surface area (Å²) in [5.41, 5.74) is 1.32. The molecule has 108 valence electrons. The first-order valence-corrected chi connectivity index (χ1v) is 7.57. The molecule has 1 saturated carbocycles. The fourth-order valence-corrected chi connectivity index (χ4v) is 2.77. The molecule has 1 heterocycles. The van der Waals surface area contributed by atoms with Crippen LogP contribution in [-0.2, 0) is 18.2 Å². The average molecular weight is 265 g/mol. The topological polar surface area (TPSA) is 39.1 Å². The summed E-state index contributed by atoms with van der Waals surface area (Å²) in [4.78, 5) is 0. The Bertz CT molecular complexity index is 373. The molecule has 0 amide bonds. The quantitative estimate of drug-likeness (QED) is 0.743. The smallest absolute Gasteiger partial charge is 0.0756 e. The Morgan fingerprint density at radius 2 is 2.26 bits per heavy atom. The molecule has 0 saturated heterocycles. The predicted octanol–water partition coefficient (Wildman–Crippen LogP) is 2.15. The van der Waals surface area contributed by atoms with E-state index < -0.39 is 0 Å². The Kier molecular flexibility index (Phi) is 5.40. The molecule has 4 heteroatoms. The summed E-state index contributed by atoms with van der Waals surface area (Å²) in [6.07, 6.45) is 9.33. The summed E-state index contributed by atoms with van der Waals surface area (Å²) in [6.45, 7) is 6.09. The lowest BCUT2D eigenvalue weighted by Gasteiger charge is -2.27. The zero-order valence-electron chi connectivity index (χ0n) is 12.4. The van der Waals surface area contributed by atoms with Gasteiger partial charge in [0.05, 0.1) is 12.3 Å². The molecule has 19 heavy (non-hydrogen) atoms. The third-order valence-corrected chi connectivity index (χ3v) is 3.81. The highest BCUT2D eigenvalue weighted by Crippen LogP contribution is 2.36. The van der Waals surface area contributed by atoms with Crippen LogP contribution in [-0.4, -0.2) is 35.1 Å². The highest BCUT2D eigenvalue weighted by Gasteiger charge is 2.36. The van der Waals surface area contributed by atoms with E-state index in [4.69, 9.17) is 4.74 Å². The number of aryl methyl sites for hydroxylation is 2. The molecule has 1 fully saturated rings. The van der Waals surface area contributed by atoms with Gasteiger partial charge in [0, 0.05) is 25.9 Å². The van der Waals surface area contributed by atoms with Crippen LogP contribution in [0.25, 0.3) is 0 Å². The summed E-state index contributed by atoms with van der Waals surface area (Å²) < 4.78 is 7.86. The number of nitrogens with one attached hydrogen (secondary N) is 1. The molecule has 2 atom stereocenters. The van der Waals surface area contributed by atoms with Crippen LogP contribution < -0.4 is 5.32 Å². The Hall–Kier alpha value is -0.870. The standard InChI is InChI=1S/C15H27N3O/c1-4-16-14(15(19-5-2)13-7-8-13)9-6-12-10-17-18(3)11-12/h10-11,13-16H,4-9H2,1-3H3. The Morgan fingerprint density at radius 1 is 1.47 bits per heavy atom. The van der Waals surface area contributed by atoms with Crippen LogP contribution in [0, 0.1) is 5.92 Å². The monoisotopic (exact) mass is 265 g/mol. The number of ether oxygens (including phenoxy) is 1. The van der Waals surface area contributed by atoms with E-state index in [0.29, 0.717) is 12.1 Å². The second kappa shape index (κ2) is 7.06. The molecule has 0 spiro atoms. The van der Waals surface area contributed by atoms with Gasteiger partial charge in [-0.1, -0.05) is 6.92 Å². The van der Waals surface area contributed by atoms with Crippen LogP contribution in [0.4, 0.5) is 0 Å². The van der Waals surface area contributed by atoms with Gasteiger partial charge in [-0.2, -0.15) is 5.10 Å². The van der Waals surface area contributed by atoms with Crippen molar-refractivity contribution in [1.82, 2.24) is 15.1 Å². The number of rotatable bonds is 9. The van der Waals surface area contributed by atoms with Crippen molar-refractivity contribution in [3.63, 3.8) is 0 Å². The van der Waals surface area contributed by atoms with E-state index in [1.54, 1.807) is 0 Å². The molecular weight excluding hydrogens is 238 g/mol. The SMILES string of the molecule is CCNC(CCc1cnn(C)c1)C(OCC)C1CC1. The lowest BCUT2D eigenvalue weighted by Crippen LogP contribution is -2.43. The van der Waals surface area contributed by atoms with Crippen molar-refractivity contribution >= 4 is 0 Å². The van der Waals surface area contributed by atoms with Crippen LogP contribution in [0.5, 0.6) is 0 Å². The molecule has 1 aromatic heterocycles. The van der Waals surface area contributed by atoms with Gasteiger partial charge < -0.3 is 10.1 Å². The molecule has 0 aliphatic heterocycles. The maximum Gasteiger partial charge on any atom is 0.0756 e. The van der Waals surface area contributed by atoms with Crippen molar-refractivity contribution in [2.45, 2.75) is 51.7 Å². The van der Waals surface area contributed by atoms with E-state index in [-0.39, 0.29) is 0 Å². The highest BCUT2D eigenvalue weighted by atomic mass is 16.5. The normalized spacial score (nSPS) is 18.5. The molecule has 4 nitrogen and oxygen atoms in total. The average Bonchev–Trinajstić information content (AvgIpc) is 3.15. The van der Waals surface area contributed by atoms with E-state index in [2.05, 4.69) is 30.5 Å². The molecule has 1 N–H and O–H groups in total. The molecule has 0 radical (unpaired) electrons. The van der Waals surface area contributed by atoms with Gasteiger partial charge in [-0.3, -0.25) is 4.68 Å². The third-order valence-electron chi connectivity index (χ3n) is 3.81. The highest BCUT2D eigenvalue weighted by molar-refractivity contribution is 5.04. The zero-order valence-corrected chi connectivity index (χ0v) is 12.4. The van der Waals surface area contributed by atoms with Crippen molar-refractivity contribution in [2.75, 3.05) is 13.2 Å². The van der Waals surface area contributed by atoms with Gasteiger partial charge in [0.25, 0.3) is 0 Å². The van der Waals surface area contributed by atoms with Crippen LogP contribution >= 0.6 is 0 Å². The van der Waals surface area contributed by atoms with E-state index in [9.17, 15) is 0 Å². The first-order chi connectivity index (χ1) is 9.24. The Balaban J connectivity index is 1.90. The minimum Gasteiger partial charge on any atom is -0.377 e. The van der Waals surface area contributed by atoms with Crippen molar-refractivity contribution in [3.05, 3.63) is 18.0 Å². The van der Waals surface area contributed by atoms with Gasteiger partial charge in [-0.25, -0.2) is 0 Å². The third kappa shape index (κ3) is 4.32. The molecule has 2 unspecified atom stereocenters. The summed E-state index contributed by atoms with van der Waals surface area (Å²) >= 11 is 0. The van der Waals surface area contributed by atoms with Crippen LogP contribution in [0.1, 0.15) is 38.7 Å². The second-order valence-corrected chi connectivity index (χ2v) is 5.48. The van der Waals surface area contributed by atoms with E-state index in [1.807, 2.05) is 17.9 Å². The van der Waals surface area contributed by atoms with E-state index in [0.717, 1.165) is 31.9 Å². The minimum atomic E-state index is 0.390. The summed E-state index contributed by atoms with van der Waals surface area (Å²) in [5, 5.41) is 7.85. The maximum atomic E-state index is 5.99. The first-order valence-electron chi connectivity index (χ1n) is 7.57. The fraction of sp³-hybridized carbons (Fsp3) is 0.800. The minimum absolute atomic E-state index is 0.390. The van der Waals surface area contributed by atoms with Crippen LogP contribution in [0.3, 0.4) is 0 Å². The Labute approximate surface area is 116 Å². The van der Waals surface area contributed by atoms with Crippen LogP contribution in [0.15, 0.2) is 12.4 Å². The number of aromatic nitrogens is 2. The largest absolute Gasteiger partial charge is 0.377 e. The molecule has 0 aromatic carbocycles. The summed E-state index contributed by atoms with van der Waals surface area (Å²) in [5.74, 6) is 0.776. The van der Waals surface area contributed by atoms with Gasteiger partial charge in [0.15, 0.2) is 0 Å². The van der Waals surface area contributed by atoms with E-state index in [1.165, 1.54) is 18.4 Å². The van der Waals surface area contributed by atoms with Crippen molar-refractivity contribution in [3.8, 4) is 0 Å². The van der Waals surface area contributed by atoms with Gasteiger partial charge in [0.1, 0.15) is 0 Å². The summed E-state index contributed by atoms with van der Waals surface area (Å²) in [6, 6.07) is 0.470. The van der Waals surface area contributed by atoms with E-state index >= 15 is 0 Å². The van der Waals surface area contributed by atoms with Gasteiger partial charge in [-0.15, -0.1) is 0 Å². The van der Waals surface area contributed by atoms with Crippen molar-refractivity contribution in [2.24, 2.45) is 13.0 Å². The molecule has 1 aromatic rings. The fourth-order valence-electron chi connectivity index (χ4n) is 2.77. The van der Waals surface area contributed by atoms with Crippen molar-refractivity contribution < 1.29 is 4.74 Å². The molecule has 0 bridgehead atoms. The predicted molar refractivity (Wildman–Crippen MR) is 77.1 cm³/mol. The number of hydrogen-bond donors (Lipinski definition) is 1. The molecular formula is C15H27N3O. The molecule has 1 aliphatic carbocycles. The second-order valence-electron chi connectivity index (χ2n) is 5.48. The number of likely N-dealkylation sites (N-methyl/N-ethyl adjacent to an activating group) is 1. The van der Waals surface area contributed by atoms with Gasteiger partial charge >= 0.3 is 0 Å². The lowest BCUT2D eigenvalue weighted by molar-refractivity contribution is 0.0175.